The van der Waals surface area contributed by atoms with E-state index >= 15 is 0 Å². The molecule has 8 nitrogen and oxygen atoms in total. The SMILES string of the molecule is CNc1cc([C@@H]2CCCN(C(=O)Cc3cc(OC)ccc3OC)C2)nc(-c2cccnc2)n1. The van der Waals surface area contributed by atoms with Gasteiger partial charge in [0.05, 0.1) is 26.3 Å². The Morgan fingerprint density at radius 2 is 2.06 bits per heavy atom. The third kappa shape index (κ3) is 5.22. The second kappa shape index (κ2) is 10.3. The Bertz CT molecular complexity index is 1110. The Morgan fingerprint density at radius 3 is 2.79 bits per heavy atom. The van der Waals surface area contributed by atoms with Crippen LogP contribution in [-0.2, 0) is 11.2 Å². The number of benzene rings is 1. The van der Waals surface area contributed by atoms with Crippen molar-refractivity contribution in [2.24, 2.45) is 0 Å². The van der Waals surface area contributed by atoms with Crippen LogP contribution in [-0.4, -0.2) is 60.1 Å². The predicted molar refractivity (Wildman–Crippen MR) is 127 cm³/mol. The number of piperidine rings is 1. The van der Waals surface area contributed by atoms with Crippen LogP contribution in [0.5, 0.6) is 11.5 Å². The first-order valence-electron chi connectivity index (χ1n) is 11.1. The van der Waals surface area contributed by atoms with Crippen molar-refractivity contribution in [3.8, 4) is 22.9 Å². The molecule has 0 spiro atoms. The van der Waals surface area contributed by atoms with Gasteiger partial charge in [-0.05, 0) is 43.2 Å². The molecule has 172 valence electrons. The number of nitrogens with one attached hydrogen (secondary N) is 1. The zero-order valence-electron chi connectivity index (χ0n) is 19.2. The van der Waals surface area contributed by atoms with Crippen LogP contribution < -0.4 is 14.8 Å². The molecular weight excluding hydrogens is 418 g/mol. The fraction of sp³-hybridized carbons (Fsp3) is 0.360. The van der Waals surface area contributed by atoms with E-state index < -0.39 is 0 Å². The second-order valence-electron chi connectivity index (χ2n) is 8.03. The number of rotatable bonds is 7. The quantitative estimate of drug-likeness (QED) is 0.592. The number of likely N-dealkylation sites (tertiary alicyclic amines) is 1. The van der Waals surface area contributed by atoms with Crippen LogP contribution in [0.3, 0.4) is 0 Å². The molecular formula is C25H29N5O3. The molecule has 1 N–H and O–H groups in total. The van der Waals surface area contributed by atoms with Crippen LogP contribution in [0, 0.1) is 0 Å². The van der Waals surface area contributed by atoms with E-state index in [0.717, 1.165) is 42.0 Å². The van der Waals surface area contributed by atoms with Gasteiger partial charge in [-0.25, -0.2) is 9.97 Å². The average Bonchev–Trinajstić information content (AvgIpc) is 2.88. The van der Waals surface area contributed by atoms with Gasteiger partial charge in [-0.1, -0.05) is 0 Å². The monoisotopic (exact) mass is 447 g/mol. The standard InChI is InChI=1S/C25H29N5O3/c1-26-23-14-21(28-25(29-23)17-6-4-10-27-15-17)18-7-5-11-30(16-18)24(31)13-19-12-20(32-2)8-9-22(19)33-3/h4,6,8-10,12,14-15,18H,5,7,11,13,16H2,1-3H3,(H,26,28,29)/t18-/m1/s1. The van der Waals surface area contributed by atoms with Gasteiger partial charge in [-0.2, -0.15) is 0 Å². The van der Waals surface area contributed by atoms with E-state index in [9.17, 15) is 4.79 Å². The molecule has 0 saturated carbocycles. The zero-order valence-corrected chi connectivity index (χ0v) is 19.2. The van der Waals surface area contributed by atoms with Crippen LogP contribution in [0.1, 0.15) is 30.0 Å². The number of carbonyl (C=O) groups excluding carboxylic acids is 1. The highest BCUT2D eigenvalue weighted by molar-refractivity contribution is 5.80. The number of hydrogen-bond donors (Lipinski definition) is 1. The summed E-state index contributed by atoms with van der Waals surface area (Å²) in [7, 11) is 5.07. The van der Waals surface area contributed by atoms with Crippen LogP contribution in [0.25, 0.3) is 11.4 Å². The largest absolute Gasteiger partial charge is 0.497 e. The summed E-state index contributed by atoms with van der Waals surface area (Å²) >= 11 is 0. The van der Waals surface area contributed by atoms with E-state index in [2.05, 4.69) is 15.3 Å². The zero-order chi connectivity index (χ0) is 23.2. The van der Waals surface area contributed by atoms with E-state index in [4.69, 9.17) is 14.5 Å². The fourth-order valence-corrected chi connectivity index (χ4v) is 4.17. The number of amides is 1. The van der Waals surface area contributed by atoms with Crippen molar-refractivity contribution in [1.82, 2.24) is 19.9 Å². The smallest absolute Gasteiger partial charge is 0.227 e. The minimum Gasteiger partial charge on any atom is -0.497 e. The van der Waals surface area contributed by atoms with Crippen molar-refractivity contribution in [2.75, 3.05) is 39.7 Å². The van der Waals surface area contributed by atoms with E-state index in [-0.39, 0.29) is 18.2 Å². The lowest BCUT2D eigenvalue weighted by Gasteiger charge is -2.33. The minimum atomic E-state index is 0.0710. The molecule has 0 radical (unpaired) electrons. The lowest BCUT2D eigenvalue weighted by molar-refractivity contribution is -0.131. The number of ether oxygens (including phenoxy) is 2. The molecule has 8 heteroatoms. The molecule has 1 aliphatic heterocycles. The summed E-state index contributed by atoms with van der Waals surface area (Å²) in [5, 5.41) is 3.13. The molecule has 0 unspecified atom stereocenters. The third-order valence-corrected chi connectivity index (χ3v) is 5.94. The van der Waals surface area contributed by atoms with Gasteiger partial charge in [0.25, 0.3) is 0 Å². The maximum Gasteiger partial charge on any atom is 0.227 e. The van der Waals surface area contributed by atoms with Crippen molar-refractivity contribution in [3.05, 3.63) is 60.0 Å². The van der Waals surface area contributed by atoms with Crippen molar-refractivity contribution in [2.45, 2.75) is 25.2 Å². The van der Waals surface area contributed by atoms with E-state index in [0.29, 0.717) is 23.9 Å². The predicted octanol–water partition coefficient (Wildman–Crippen LogP) is 3.55. The first-order chi connectivity index (χ1) is 16.1. The molecule has 1 aliphatic rings. The van der Waals surface area contributed by atoms with Crippen molar-refractivity contribution in [1.29, 1.82) is 0 Å². The summed E-state index contributed by atoms with van der Waals surface area (Å²) in [5.41, 5.74) is 2.62. The fourth-order valence-electron chi connectivity index (χ4n) is 4.17. The van der Waals surface area contributed by atoms with Crippen LogP contribution in [0.15, 0.2) is 48.8 Å². The highest BCUT2D eigenvalue weighted by atomic mass is 16.5. The van der Waals surface area contributed by atoms with E-state index in [1.165, 1.54) is 0 Å². The number of methoxy groups -OCH3 is 2. The van der Waals surface area contributed by atoms with Gasteiger partial charge in [0.2, 0.25) is 5.91 Å². The maximum absolute atomic E-state index is 13.2. The Balaban J connectivity index is 1.54. The normalized spacial score (nSPS) is 15.7. The van der Waals surface area contributed by atoms with Crippen molar-refractivity contribution in [3.63, 3.8) is 0 Å². The number of anilines is 1. The summed E-state index contributed by atoms with van der Waals surface area (Å²) in [4.78, 5) is 28.7. The minimum absolute atomic E-state index is 0.0710. The molecule has 1 amide bonds. The second-order valence-corrected chi connectivity index (χ2v) is 8.03. The molecule has 0 bridgehead atoms. The van der Waals surface area contributed by atoms with Crippen LogP contribution in [0.4, 0.5) is 5.82 Å². The Morgan fingerprint density at radius 1 is 1.18 bits per heavy atom. The lowest BCUT2D eigenvalue weighted by atomic mass is 9.93. The Labute approximate surface area is 194 Å². The number of pyridine rings is 1. The molecule has 1 aromatic carbocycles. The number of aromatic nitrogens is 3. The maximum atomic E-state index is 13.2. The molecule has 0 aliphatic carbocycles. The first-order valence-corrected chi connectivity index (χ1v) is 11.1. The van der Waals surface area contributed by atoms with Crippen molar-refractivity contribution >= 4 is 11.7 Å². The molecule has 3 aromatic rings. The molecule has 3 heterocycles. The summed E-state index contributed by atoms with van der Waals surface area (Å²) < 4.78 is 10.8. The van der Waals surface area contributed by atoms with E-state index in [1.54, 1.807) is 26.6 Å². The van der Waals surface area contributed by atoms with Gasteiger partial charge in [0, 0.05) is 55.6 Å². The summed E-state index contributed by atoms with van der Waals surface area (Å²) in [6, 6.07) is 11.3. The van der Waals surface area contributed by atoms with Gasteiger partial charge in [0.1, 0.15) is 17.3 Å². The Kier molecular flexibility index (Phi) is 7.02. The van der Waals surface area contributed by atoms with Crippen molar-refractivity contribution < 1.29 is 14.3 Å². The van der Waals surface area contributed by atoms with Crippen LogP contribution >= 0.6 is 0 Å². The third-order valence-electron chi connectivity index (χ3n) is 5.94. The highest BCUT2D eigenvalue weighted by Crippen LogP contribution is 2.30. The molecule has 4 rings (SSSR count). The first kappa shape index (κ1) is 22.5. The molecule has 1 fully saturated rings. The summed E-state index contributed by atoms with van der Waals surface area (Å²) in [6.07, 6.45) is 5.65. The van der Waals surface area contributed by atoms with Crippen LogP contribution in [0.2, 0.25) is 0 Å². The van der Waals surface area contributed by atoms with Gasteiger partial charge < -0.3 is 19.7 Å². The number of hydrogen-bond acceptors (Lipinski definition) is 7. The lowest BCUT2D eigenvalue weighted by Crippen LogP contribution is -2.40. The average molecular weight is 448 g/mol. The molecule has 1 saturated heterocycles. The molecule has 1 atom stereocenters. The topological polar surface area (TPSA) is 89.5 Å². The van der Waals surface area contributed by atoms with Gasteiger partial charge >= 0.3 is 0 Å². The van der Waals surface area contributed by atoms with Gasteiger partial charge in [0.15, 0.2) is 5.82 Å². The molecule has 2 aromatic heterocycles. The summed E-state index contributed by atoms with van der Waals surface area (Å²) in [5.74, 6) is 2.99. The van der Waals surface area contributed by atoms with E-state index in [1.807, 2.05) is 48.3 Å². The van der Waals surface area contributed by atoms with Gasteiger partial charge in [-0.15, -0.1) is 0 Å². The molecule has 33 heavy (non-hydrogen) atoms. The Hall–Kier alpha value is -3.68. The highest BCUT2D eigenvalue weighted by Gasteiger charge is 2.27. The number of nitrogens with zero attached hydrogens (tertiary/aromatic N) is 4. The number of carbonyl (C=O) groups is 1. The van der Waals surface area contributed by atoms with Gasteiger partial charge in [-0.3, -0.25) is 9.78 Å². The summed E-state index contributed by atoms with van der Waals surface area (Å²) in [6.45, 7) is 1.36.